The van der Waals surface area contributed by atoms with Crippen LogP contribution in [0.2, 0.25) is 0 Å². The molecule has 1 aliphatic carbocycles. The summed E-state index contributed by atoms with van der Waals surface area (Å²) < 4.78 is 0. The van der Waals surface area contributed by atoms with E-state index in [-0.39, 0.29) is 11.5 Å². The molecule has 1 saturated carbocycles. The van der Waals surface area contributed by atoms with Gasteiger partial charge in [0.05, 0.1) is 6.10 Å². The Kier molecular flexibility index (Phi) is 3.79. The number of aliphatic hydroxyl groups excluding tert-OH is 1. The first-order valence-electron chi connectivity index (χ1n) is 8.17. The molecule has 2 aromatic rings. The zero-order valence-electron chi connectivity index (χ0n) is 13.3. The average molecular weight is 282 g/mol. The van der Waals surface area contributed by atoms with Gasteiger partial charge in [-0.1, -0.05) is 63.2 Å². The summed E-state index contributed by atoms with van der Waals surface area (Å²) in [5.41, 5.74) is 1.49. The van der Waals surface area contributed by atoms with Gasteiger partial charge in [-0.3, -0.25) is 0 Å². The third-order valence-corrected chi connectivity index (χ3v) is 5.48. The smallest absolute Gasteiger partial charge is 0.0579 e. The Morgan fingerprint density at radius 1 is 1.10 bits per heavy atom. The average Bonchev–Trinajstić information content (AvgIpc) is 2.46. The minimum Gasteiger partial charge on any atom is -0.393 e. The van der Waals surface area contributed by atoms with Crippen molar-refractivity contribution in [2.75, 3.05) is 0 Å². The van der Waals surface area contributed by atoms with Crippen LogP contribution in [0.1, 0.15) is 45.6 Å². The number of hydrogen-bond donors (Lipinski definition) is 1. The van der Waals surface area contributed by atoms with E-state index in [1.54, 1.807) is 0 Å². The highest BCUT2D eigenvalue weighted by Gasteiger charge is 2.39. The molecular formula is C20H26O. The van der Waals surface area contributed by atoms with Crippen molar-refractivity contribution in [2.24, 2.45) is 11.8 Å². The van der Waals surface area contributed by atoms with Gasteiger partial charge in [-0.05, 0) is 52.8 Å². The fourth-order valence-corrected chi connectivity index (χ4v) is 4.17. The van der Waals surface area contributed by atoms with Crippen LogP contribution in [0.3, 0.4) is 0 Å². The number of hydrogen-bond acceptors (Lipinski definition) is 1. The van der Waals surface area contributed by atoms with E-state index in [2.05, 4.69) is 63.2 Å². The van der Waals surface area contributed by atoms with Gasteiger partial charge in [-0.25, -0.2) is 0 Å². The predicted molar refractivity (Wildman–Crippen MR) is 89.5 cm³/mol. The lowest BCUT2D eigenvalue weighted by molar-refractivity contribution is 0.0156. The van der Waals surface area contributed by atoms with Crippen LogP contribution in [0, 0.1) is 11.8 Å². The van der Waals surface area contributed by atoms with Crippen LogP contribution < -0.4 is 0 Å². The van der Waals surface area contributed by atoms with Gasteiger partial charge in [-0.15, -0.1) is 0 Å². The summed E-state index contributed by atoms with van der Waals surface area (Å²) in [5.74, 6) is 1.02. The van der Waals surface area contributed by atoms with Gasteiger partial charge in [0.25, 0.3) is 0 Å². The molecule has 112 valence electrons. The van der Waals surface area contributed by atoms with Crippen LogP contribution in [0.15, 0.2) is 42.5 Å². The second-order valence-electron chi connectivity index (χ2n) is 7.31. The van der Waals surface area contributed by atoms with Crippen molar-refractivity contribution in [3.8, 4) is 0 Å². The normalized spacial score (nSPS) is 30.0. The van der Waals surface area contributed by atoms with Gasteiger partial charge >= 0.3 is 0 Å². The topological polar surface area (TPSA) is 20.2 Å². The first kappa shape index (κ1) is 14.6. The summed E-state index contributed by atoms with van der Waals surface area (Å²) in [4.78, 5) is 0. The Hall–Kier alpha value is -1.34. The summed E-state index contributed by atoms with van der Waals surface area (Å²) in [6.07, 6.45) is 2.99. The Labute approximate surface area is 128 Å². The maximum atomic E-state index is 10.6. The zero-order chi connectivity index (χ0) is 15.0. The molecule has 3 rings (SSSR count). The van der Waals surface area contributed by atoms with Crippen LogP contribution >= 0.6 is 0 Å². The van der Waals surface area contributed by atoms with E-state index < -0.39 is 0 Å². The summed E-state index contributed by atoms with van der Waals surface area (Å²) >= 11 is 0. The fourth-order valence-electron chi connectivity index (χ4n) is 4.17. The predicted octanol–water partition coefficient (Wildman–Crippen LogP) is 4.91. The molecule has 0 saturated heterocycles. The monoisotopic (exact) mass is 282 g/mol. The standard InChI is InChI=1S/C20H26O/c1-14(2)16-11-12-20(3,13-19(16)21)18-10-6-8-15-7-4-5-9-17(15)18/h4-10,14,16,19,21H,11-13H2,1-3H3. The highest BCUT2D eigenvalue weighted by Crippen LogP contribution is 2.45. The summed E-state index contributed by atoms with van der Waals surface area (Å²) in [5, 5.41) is 13.3. The highest BCUT2D eigenvalue weighted by molar-refractivity contribution is 5.86. The first-order chi connectivity index (χ1) is 10.0. The van der Waals surface area contributed by atoms with Crippen molar-refractivity contribution >= 4 is 10.8 Å². The van der Waals surface area contributed by atoms with E-state index in [0.29, 0.717) is 11.8 Å². The molecule has 1 heteroatoms. The molecule has 0 heterocycles. The molecule has 0 spiro atoms. The summed E-state index contributed by atoms with van der Waals surface area (Å²) in [6, 6.07) is 15.2. The lowest BCUT2D eigenvalue weighted by Crippen LogP contribution is -2.40. The van der Waals surface area contributed by atoms with Gasteiger partial charge in [0.2, 0.25) is 0 Å². The van der Waals surface area contributed by atoms with Crippen LogP contribution in [-0.2, 0) is 5.41 Å². The summed E-state index contributed by atoms with van der Waals surface area (Å²) in [6.45, 7) is 6.79. The lowest BCUT2D eigenvalue weighted by atomic mass is 9.64. The molecule has 21 heavy (non-hydrogen) atoms. The fraction of sp³-hybridized carbons (Fsp3) is 0.500. The molecule has 0 aromatic heterocycles. The molecule has 0 aliphatic heterocycles. The van der Waals surface area contributed by atoms with Crippen LogP contribution in [-0.4, -0.2) is 11.2 Å². The second-order valence-corrected chi connectivity index (χ2v) is 7.31. The SMILES string of the molecule is CC(C)C1CCC(C)(c2cccc3ccccc23)CC1O. The van der Waals surface area contributed by atoms with Crippen molar-refractivity contribution in [2.45, 2.75) is 51.6 Å². The maximum Gasteiger partial charge on any atom is 0.0579 e. The first-order valence-corrected chi connectivity index (χ1v) is 8.17. The molecule has 0 radical (unpaired) electrons. The third-order valence-electron chi connectivity index (χ3n) is 5.48. The molecule has 1 N–H and O–H groups in total. The van der Waals surface area contributed by atoms with Crippen LogP contribution in [0.4, 0.5) is 0 Å². The quantitative estimate of drug-likeness (QED) is 0.829. The molecule has 3 atom stereocenters. The van der Waals surface area contributed by atoms with Crippen LogP contribution in [0.5, 0.6) is 0 Å². The van der Waals surface area contributed by atoms with Gasteiger partial charge in [0.15, 0.2) is 0 Å². The Morgan fingerprint density at radius 2 is 1.81 bits per heavy atom. The van der Waals surface area contributed by atoms with Gasteiger partial charge in [0.1, 0.15) is 0 Å². The number of benzene rings is 2. The number of rotatable bonds is 2. The molecule has 3 unspecified atom stereocenters. The molecule has 1 aliphatic rings. The maximum absolute atomic E-state index is 10.6. The molecule has 0 amide bonds. The molecular weight excluding hydrogens is 256 g/mol. The van der Waals surface area contributed by atoms with Gasteiger partial charge in [0, 0.05) is 0 Å². The number of fused-ring (bicyclic) bond motifs is 1. The molecule has 0 bridgehead atoms. The van der Waals surface area contributed by atoms with Gasteiger partial charge < -0.3 is 5.11 Å². The highest BCUT2D eigenvalue weighted by atomic mass is 16.3. The van der Waals surface area contributed by atoms with E-state index in [4.69, 9.17) is 0 Å². The van der Waals surface area contributed by atoms with Crippen molar-refractivity contribution in [1.29, 1.82) is 0 Å². The zero-order valence-corrected chi connectivity index (χ0v) is 13.3. The minimum atomic E-state index is -0.178. The Morgan fingerprint density at radius 3 is 2.52 bits per heavy atom. The van der Waals surface area contributed by atoms with Gasteiger partial charge in [-0.2, -0.15) is 0 Å². The van der Waals surface area contributed by atoms with E-state index >= 15 is 0 Å². The van der Waals surface area contributed by atoms with Crippen molar-refractivity contribution < 1.29 is 5.11 Å². The molecule has 2 aromatic carbocycles. The van der Waals surface area contributed by atoms with E-state index in [1.165, 1.54) is 22.8 Å². The largest absolute Gasteiger partial charge is 0.393 e. The Balaban J connectivity index is 1.99. The van der Waals surface area contributed by atoms with Crippen molar-refractivity contribution in [3.63, 3.8) is 0 Å². The third kappa shape index (κ3) is 2.60. The number of aliphatic hydroxyl groups is 1. The second kappa shape index (κ2) is 5.46. The van der Waals surface area contributed by atoms with Crippen molar-refractivity contribution in [1.82, 2.24) is 0 Å². The van der Waals surface area contributed by atoms with E-state index in [0.717, 1.165) is 12.8 Å². The van der Waals surface area contributed by atoms with E-state index in [1.807, 2.05) is 0 Å². The van der Waals surface area contributed by atoms with Crippen molar-refractivity contribution in [3.05, 3.63) is 48.0 Å². The summed E-state index contributed by atoms with van der Waals surface area (Å²) in [7, 11) is 0. The van der Waals surface area contributed by atoms with Crippen LogP contribution in [0.25, 0.3) is 10.8 Å². The van der Waals surface area contributed by atoms with E-state index in [9.17, 15) is 5.11 Å². The molecule has 1 nitrogen and oxygen atoms in total. The molecule has 1 fully saturated rings. The Bertz CT molecular complexity index is 625. The minimum absolute atomic E-state index is 0.0890. The lowest BCUT2D eigenvalue weighted by Gasteiger charge is -2.43.